The molecular weight excluding hydrogens is 424 g/mol. The number of phenolic OH excluding ortho intramolecular Hbond substituents is 1. The van der Waals surface area contributed by atoms with Gasteiger partial charge in [-0.15, -0.1) is 0 Å². The molecular formula is C25H24N2O6. The molecule has 0 aliphatic heterocycles. The van der Waals surface area contributed by atoms with E-state index in [-0.39, 0.29) is 5.75 Å². The van der Waals surface area contributed by atoms with Crippen molar-refractivity contribution in [2.24, 2.45) is 5.41 Å². The third kappa shape index (κ3) is 5.55. The molecule has 0 unspecified atom stereocenters. The van der Waals surface area contributed by atoms with Gasteiger partial charge in [-0.2, -0.15) is 0 Å². The second-order valence-corrected chi connectivity index (χ2v) is 7.96. The maximum Gasteiger partial charge on any atom is 0.414 e. The minimum atomic E-state index is -0.973. The van der Waals surface area contributed by atoms with Crippen LogP contribution >= 0.6 is 0 Å². The van der Waals surface area contributed by atoms with E-state index in [0.717, 1.165) is 6.08 Å². The molecule has 0 heterocycles. The summed E-state index contributed by atoms with van der Waals surface area (Å²) >= 11 is 0. The first-order chi connectivity index (χ1) is 15.7. The number of fused-ring (bicyclic) bond motifs is 1. The molecule has 3 aromatic carbocycles. The zero-order chi connectivity index (χ0) is 24.0. The van der Waals surface area contributed by atoms with Crippen LogP contribution in [0.4, 0.5) is 4.79 Å². The molecule has 0 saturated carbocycles. The molecule has 33 heavy (non-hydrogen) atoms. The molecule has 0 aliphatic rings. The van der Waals surface area contributed by atoms with Crippen molar-refractivity contribution in [1.82, 2.24) is 10.8 Å². The Morgan fingerprint density at radius 2 is 1.58 bits per heavy atom. The Kier molecular flexibility index (Phi) is 7.10. The molecule has 0 saturated heterocycles. The fourth-order valence-electron chi connectivity index (χ4n) is 3.46. The lowest BCUT2D eigenvalue weighted by atomic mass is 9.80. The van der Waals surface area contributed by atoms with Crippen molar-refractivity contribution < 1.29 is 29.4 Å². The van der Waals surface area contributed by atoms with E-state index in [1.54, 1.807) is 74.5 Å². The smallest absolute Gasteiger partial charge is 0.414 e. The molecule has 0 spiro atoms. The van der Waals surface area contributed by atoms with Crippen molar-refractivity contribution in [2.45, 2.75) is 20.0 Å². The Bertz CT molecular complexity index is 1200. The van der Waals surface area contributed by atoms with Gasteiger partial charge in [-0.05, 0) is 23.6 Å². The Morgan fingerprint density at radius 3 is 2.24 bits per heavy atom. The van der Waals surface area contributed by atoms with Crippen LogP contribution in [0.5, 0.6) is 5.75 Å². The predicted molar refractivity (Wildman–Crippen MR) is 122 cm³/mol. The zero-order valence-corrected chi connectivity index (χ0v) is 18.1. The largest absolute Gasteiger partial charge is 0.507 e. The quantitative estimate of drug-likeness (QED) is 0.254. The fourth-order valence-corrected chi connectivity index (χ4v) is 3.46. The van der Waals surface area contributed by atoms with Crippen LogP contribution in [0.1, 0.15) is 35.9 Å². The SMILES string of the molecule is CC(C)(/C=C/C(=O)NO)[C@H](OC(=O)NC(=O)c1ccccc1)c1ccc(O)c2ccccc12. The van der Waals surface area contributed by atoms with Crippen LogP contribution in [0.2, 0.25) is 0 Å². The van der Waals surface area contributed by atoms with E-state index >= 15 is 0 Å². The number of nitrogens with one attached hydrogen (secondary N) is 2. The topological polar surface area (TPSA) is 125 Å². The minimum Gasteiger partial charge on any atom is -0.507 e. The van der Waals surface area contributed by atoms with E-state index < -0.39 is 29.4 Å². The number of rotatable bonds is 6. The van der Waals surface area contributed by atoms with Crippen LogP contribution in [0.15, 0.2) is 78.9 Å². The van der Waals surface area contributed by atoms with Gasteiger partial charge in [0.25, 0.3) is 11.8 Å². The standard InChI is InChI=1S/C25H24N2O6/c1-25(2,15-14-21(29)27-32)22(19-12-13-20(28)18-11-7-6-10-17(18)19)33-24(31)26-23(30)16-8-4-3-5-9-16/h3-15,22,28,32H,1-2H3,(H,27,29)(H,26,30,31)/b15-14+/t22-/m1/s1. The summed E-state index contributed by atoms with van der Waals surface area (Å²) in [7, 11) is 0. The number of alkyl carbamates (subject to hydrolysis) is 1. The number of benzene rings is 3. The van der Waals surface area contributed by atoms with E-state index in [9.17, 15) is 19.5 Å². The summed E-state index contributed by atoms with van der Waals surface area (Å²) < 4.78 is 5.71. The van der Waals surface area contributed by atoms with Crippen LogP contribution in [-0.4, -0.2) is 28.2 Å². The fraction of sp³-hybridized carbons (Fsp3) is 0.160. The van der Waals surface area contributed by atoms with E-state index in [1.165, 1.54) is 17.6 Å². The van der Waals surface area contributed by atoms with Crippen molar-refractivity contribution >= 4 is 28.7 Å². The lowest BCUT2D eigenvalue weighted by molar-refractivity contribution is -0.124. The van der Waals surface area contributed by atoms with E-state index in [0.29, 0.717) is 21.9 Å². The second kappa shape index (κ2) is 9.97. The third-order valence-electron chi connectivity index (χ3n) is 5.14. The average Bonchev–Trinajstić information content (AvgIpc) is 2.82. The Hall–Kier alpha value is -4.17. The maximum absolute atomic E-state index is 12.7. The number of carbonyl (C=O) groups is 3. The molecule has 8 nitrogen and oxygen atoms in total. The highest BCUT2D eigenvalue weighted by Crippen LogP contribution is 2.42. The number of hydrogen-bond donors (Lipinski definition) is 4. The van der Waals surface area contributed by atoms with Gasteiger partial charge in [-0.25, -0.2) is 10.3 Å². The summed E-state index contributed by atoms with van der Waals surface area (Å²) in [5.74, 6) is -1.31. The molecule has 0 aliphatic carbocycles. The first-order valence-electron chi connectivity index (χ1n) is 10.1. The lowest BCUT2D eigenvalue weighted by Gasteiger charge is -2.32. The number of aromatic hydroxyl groups is 1. The van der Waals surface area contributed by atoms with Crippen molar-refractivity contribution in [3.8, 4) is 5.75 Å². The van der Waals surface area contributed by atoms with Crippen LogP contribution in [0.25, 0.3) is 10.8 Å². The zero-order valence-electron chi connectivity index (χ0n) is 18.1. The Morgan fingerprint density at radius 1 is 0.939 bits per heavy atom. The van der Waals surface area contributed by atoms with Gasteiger partial charge in [-0.3, -0.25) is 20.1 Å². The molecule has 1 atom stereocenters. The molecule has 3 aromatic rings. The molecule has 0 bridgehead atoms. The van der Waals surface area contributed by atoms with Gasteiger partial charge < -0.3 is 9.84 Å². The van der Waals surface area contributed by atoms with Crippen molar-refractivity contribution in [3.63, 3.8) is 0 Å². The molecule has 3 rings (SSSR count). The molecule has 8 heteroatoms. The first-order valence-corrected chi connectivity index (χ1v) is 10.1. The number of phenols is 1. The monoisotopic (exact) mass is 448 g/mol. The van der Waals surface area contributed by atoms with Gasteiger partial charge in [0.15, 0.2) is 0 Å². The molecule has 0 radical (unpaired) electrons. The van der Waals surface area contributed by atoms with Crippen LogP contribution in [0.3, 0.4) is 0 Å². The van der Waals surface area contributed by atoms with Crippen LogP contribution < -0.4 is 10.8 Å². The van der Waals surface area contributed by atoms with Gasteiger partial charge in [0, 0.05) is 28.0 Å². The van der Waals surface area contributed by atoms with E-state index in [4.69, 9.17) is 9.94 Å². The molecule has 0 fully saturated rings. The van der Waals surface area contributed by atoms with Crippen molar-refractivity contribution in [2.75, 3.05) is 0 Å². The predicted octanol–water partition coefficient (Wildman–Crippen LogP) is 4.24. The molecule has 170 valence electrons. The van der Waals surface area contributed by atoms with Crippen LogP contribution in [0, 0.1) is 5.41 Å². The Labute approximate surface area is 190 Å². The van der Waals surface area contributed by atoms with Crippen LogP contribution in [-0.2, 0) is 9.53 Å². The highest BCUT2D eigenvalue weighted by Gasteiger charge is 2.34. The highest BCUT2D eigenvalue weighted by molar-refractivity contribution is 6.03. The number of hydroxylamine groups is 1. The molecule has 0 aromatic heterocycles. The summed E-state index contributed by atoms with van der Waals surface area (Å²) in [6, 6.07) is 18.4. The van der Waals surface area contributed by atoms with Gasteiger partial charge in [-0.1, -0.05) is 68.5 Å². The minimum absolute atomic E-state index is 0.0600. The number of hydrogen-bond acceptors (Lipinski definition) is 6. The summed E-state index contributed by atoms with van der Waals surface area (Å²) in [6.07, 6.45) is 0.664. The van der Waals surface area contributed by atoms with E-state index in [1.807, 2.05) is 0 Å². The first kappa shape index (κ1) is 23.5. The normalized spacial score (nSPS) is 12.3. The molecule has 4 N–H and O–H groups in total. The van der Waals surface area contributed by atoms with Gasteiger partial charge >= 0.3 is 6.09 Å². The van der Waals surface area contributed by atoms with Gasteiger partial charge in [0.2, 0.25) is 0 Å². The number of amides is 3. The number of ether oxygens (including phenoxy) is 1. The van der Waals surface area contributed by atoms with Gasteiger partial charge in [0.05, 0.1) is 0 Å². The number of imide groups is 1. The summed E-state index contributed by atoms with van der Waals surface area (Å²) in [6.45, 7) is 3.46. The summed E-state index contributed by atoms with van der Waals surface area (Å²) in [4.78, 5) is 36.7. The Balaban J connectivity index is 1.99. The van der Waals surface area contributed by atoms with E-state index in [2.05, 4.69) is 5.32 Å². The third-order valence-corrected chi connectivity index (χ3v) is 5.14. The molecule has 3 amide bonds. The maximum atomic E-state index is 12.7. The highest BCUT2D eigenvalue weighted by atomic mass is 16.6. The van der Waals surface area contributed by atoms with Crippen molar-refractivity contribution in [3.05, 3.63) is 90.0 Å². The summed E-state index contributed by atoms with van der Waals surface area (Å²) in [5.41, 5.74) is 1.41. The van der Waals surface area contributed by atoms with Gasteiger partial charge in [0.1, 0.15) is 11.9 Å². The summed E-state index contributed by atoms with van der Waals surface area (Å²) in [5, 5.41) is 22.5. The van der Waals surface area contributed by atoms with Crippen molar-refractivity contribution in [1.29, 1.82) is 0 Å². The average molecular weight is 448 g/mol. The second-order valence-electron chi connectivity index (χ2n) is 7.96. The lowest BCUT2D eigenvalue weighted by Crippen LogP contribution is -2.35. The number of carbonyl (C=O) groups excluding carboxylic acids is 3.